The van der Waals surface area contributed by atoms with Gasteiger partial charge in [0.25, 0.3) is 0 Å². The van der Waals surface area contributed by atoms with Gasteiger partial charge in [0.05, 0.1) is 0 Å². The van der Waals surface area contributed by atoms with Crippen molar-refractivity contribution in [3.8, 4) is 0 Å². The summed E-state index contributed by atoms with van der Waals surface area (Å²) in [4.78, 5) is 15.9. The maximum atomic E-state index is 10.1. The Morgan fingerprint density at radius 1 is 1.40 bits per heavy atom. The van der Waals surface area contributed by atoms with Crippen LogP contribution in [-0.2, 0) is 0 Å². The number of aromatic amines is 2. The quantitative estimate of drug-likeness (QED) is 0.576. The summed E-state index contributed by atoms with van der Waals surface area (Å²) in [7, 11) is 0. The van der Waals surface area contributed by atoms with E-state index in [-0.39, 0.29) is 0 Å². The van der Waals surface area contributed by atoms with Gasteiger partial charge >= 0.3 is 0 Å². The minimum Gasteiger partial charge on any atom is -0.348 e. The summed E-state index contributed by atoms with van der Waals surface area (Å²) < 4.78 is 0. The fourth-order valence-electron chi connectivity index (χ4n) is 0.996. The van der Waals surface area contributed by atoms with Gasteiger partial charge in [-0.15, -0.1) is 4.91 Å². The predicted octanol–water partition coefficient (Wildman–Crippen LogP) is 1.89. The lowest BCUT2D eigenvalue weighted by Crippen LogP contribution is -1.58. The molecule has 0 aliphatic heterocycles. The molecule has 0 spiro atoms. The summed E-state index contributed by atoms with van der Waals surface area (Å²) in [6, 6.07) is 1.81. The summed E-state index contributed by atoms with van der Waals surface area (Å²) >= 11 is 0. The van der Waals surface area contributed by atoms with Gasteiger partial charge in [0.1, 0.15) is 11.3 Å². The fourth-order valence-corrected chi connectivity index (χ4v) is 0.996. The molecule has 0 bridgehead atoms. The molecule has 0 radical (unpaired) electrons. The van der Waals surface area contributed by atoms with Crippen LogP contribution in [0.1, 0.15) is 0 Å². The first-order valence-electron chi connectivity index (χ1n) is 2.89. The molecule has 0 aromatic carbocycles. The Hall–Kier alpha value is -1.58. The van der Waals surface area contributed by atoms with Crippen LogP contribution in [-0.4, -0.2) is 9.97 Å². The fraction of sp³-hybridized carbons (Fsp3) is 0. The van der Waals surface area contributed by atoms with E-state index in [4.69, 9.17) is 0 Å². The van der Waals surface area contributed by atoms with Crippen molar-refractivity contribution < 1.29 is 0 Å². The maximum absolute atomic E-state index is 10.1. The van der Waals surface area contributed by atoms with Gasteiger partial charge in [-0.1, -0.05) is 0 Å². The van der Waals surface area contributed by atoms with Crippen molar-refractivity contribution in [1.29, 1.82) is 0 Å². The van der Waals surface area contributed by atoms with Crippen molar-refractivity contribution >= 4 is 16.7 Å². The molecule has 4 heteroatoms. The number of H-pyrrole nitrogens is 2. The smallest absolute Gasteiger partial charge is 0.134 e. The highest BCUT2D eigenvalue weighted by atomic mass is 16.3. The molecule has 50 valence electrons. The molecule has 0 fully saturated rings. The third-order valence-corrected chi connectivity index (χ3v) is 1.47. The third kappa shape index (κ3) is 0.500. The lowest BCUT2D eigenvalue weighted by Gasteiger charge is -1.73. The van der Waals surface area contributed by atoms with Crippen molar-refractivity contribution in [2.75, 3.05) is 0 Å². The predicted molar refractivity (Wildman–Crippen MR) is 38.1 cm³/mol. The van der Waals surface area contributed by atoms with Gasteiger partial charge in [-0.25, -0.2) is 0 Å². The number of nitrogens with zero attached hydrogens (tertiary/aromatic N) is 1. The molecular formula is C6H5N3O. The Kier molecular flexibility index (Phi) is 0.887. The molecule has 2 rings (SSSR count). The van der Waals surface area contributed by atoms with Gasteiger partial charge in [-0.3, -0.25) is 0 Å². The SMILES string of the molecule is O=Nc1c[nH]c2[nH]ccc12. The molecule has 0 aliphatic rings. The largest absolute Gasteiger partial charge is 0.348 e. The molecule has 0 atom stereocenters. The van der Waals surface area contributed by atoms with Crippen LogP contribution in [0.15, 0.2) is 23.6 Å². The van der Waals surface area contributed by atoms with E-state index in [0.29, 0.717) is 5.69 Å². The summed E-state index contributed by atoms with van der Waals surface area (Å²) in [6.07, 6.45) is 3.34. The summed E-state index contributed by atoms with van der Waals surface area (Å²) in [5.41, 5.74) is 1.30. The summed E-state index contributed by atoms with van der Waals surface area (Å²) in [5, 5.41) is 3.67. The van der Waals surface area contributed by atoms with E-state index in [9.17, 15) is 4.91 Å². The molecule has 2 aromatic rings. The standard InChI is InChI=1S/C6H5N3O/c10-9-5-3-8-6-4(5)1-2-7-6/h1-3,7-8H. The number of rotatable bonds is 1. The number of nitroso groups, excluding NO2 is 1. The van der Waals surface area contributed by atoms with Crippen LogP contribution >= 0.6 is 0 Å². The molecular weight excluding hydrogens is 130 g/mol. The molecule has 4 nitrogen and oxygen atoms in total. The van der Waals surface area contributed by atoms with Crippen LogP contribution in [0.4, 0.5) is 5.69 Å². The first kappa shape index (κ1) is 5.22. The second-order valence-corrected chi connectivity index (χ2v) is 2.03. The van der Waals surface area contributed by atoms with Crippen molar-refractivity contribution in [1.82, 2.24) is 9.97 Å². The van der Waals surface area contributed by atoms with E-state index >= 15 is 0 Å². The van der Waals surface area contributed by atoms with Gasteiger partial charge in [-0.2, -0.15) is 0 Å². The van der Waals surface area contributed by atoms with Crippen LogP contribution in [0, 0.1) is 4.91 Å². The number of hydrogen-bond acceptors (Lipinski definition) is 2. The zero-order valence-corrected chi connectivity index (χ0v) is 5.09. The van der Waals surface area contributed by atoms with Crippen molar-refractivity contribution in [3.63, 3.8) is 0 Å². The van der Waals surface area contributed by atoms with E-state index in [2.05, 4.69) is 15.1 Å². The average molecular weight is 135 g/mol. The average Bonchev–Trinajstić information content (AvgIpc) is 2.44. The van der Waals surface area contributed by atoms with Gasteiger partial charge < -0.3 is 9.97 Å². The number of aromatic nitrogens is 2. The molecule has 0 unspecified atom stereocenters. The van der Waals surface area contributed by atoms with E-state index < -0.39 is 0 Å². The second-order valence-electron chi connectivity index (χ2n) is 2.03. The highest BCUT2D eigenvalue weighted by Crippen LogP contribution is 2.23. The monoisotopic (exact) mass is 135 g/mol. The van der Waals surface area contributed by atoms with Gasteiger partial charge in [-0.05, 0) is 11.2 Å². The first-order valence-corrected chi connectivity index (χ1v) is 2.89. The topological polar surface area (TPSA) is 61.0 Å². The molecule has 2 N–H and O–H groups in total. The third-order valence-electron chi connectivity index (χ3n) is 1.47. The van der Waals surface area contributed by atoms with Crippen LogP contribution in [0.5, 0.6) is 0 Å². The molecule has 2 heterocycles. The van der Waals surface area contributed by atoms with E-state index in [1.807, 2.05) is 6.07 Å². The number of fused-ring (bicyclic) bond motifs is 1. The highest BCUT2D eigenvalue weighted by molar-refractivity contribution is 5.88. The van der Waals surface area contributed by atoms with Gasteiger partial charge in [0.15, 0.2) is 0 Å². The second kappa shape index (κ2) is 1.70. The van der Waals surface area contributed by atoms with Gasteiger partial charge in [0.2, 0.25) is 0 Å². The Morgan fingerprint density at radius 3 is 3.10 bits per heavy atom. The van der Waals surface area contributed by atoms with Crippen molar-refractivity contribution in [2.45, 2.75) is 0 Å². The minimum absolute atomic E-state index is 0.455. The minimum atomic E-state index is 0.455. The van der Waals surface area contributed by atoms with Gasteiger partial charge in [0, 0.05) is 17.8 Å². The molecule has 2 aromatic heterocycles. The Morgan fingerprint density at radius 2 is 2.30 bits per heavy atom. The molecule has 0 aliphatic carbocycles. The van der Waals surface area contributed by atoms with Crippen LogP contribution in [0.3, 0.4) is 0 Å². The number of nitrogens with one attached hydrogen (secondary N) is 2. The zero-order chi connectivity index (χ0) is 6.97. The summed E-state index contributed by atoms with van der Waals surface area (Å²) in [5.74, 6) is 0. The summed E-state index contributed by atoms with van der Waals surface area (Å²) in [6.45, 7) is 0. The number of hydrogen-bond donors (Lipinski definition) is 2. The lowest BCUT2D eigenvalue weighted by molar-refractivity contribution is 1.35. The highest BCUT2D eigenvalue weighted by Gasteiger charge is 2.01. The molecule has 0 amide bonds. The normalized spacial score (nSPS) is 10.4. The van der Waals surface area contributed by atoms with Crippen LogP contribution in [0.2, 0.25) is 0 Å². The Balaban J connectivity index is 2.88. The van der Waals surface area contributed by atoms with E-state index in [1.54, 1.807) is 12.4 Å². The first-order chi connectivity index (χ1) is 4.92. The Bertz CT molecular complexity index is 360. The zero-order valence-electron chi connectivity index (χ0n) is 5.09. The van der Waals surface area contributed by atoms with Crippen LogP contribution in [0.25, 0.3) is 11.0 Å². The maximum Gasteiger partial charge on any atom is 0.134 e. The van der Waals surface area contributed by atoms with Crippen molar-refractivity contribution in [2.24, 2.45) is 5.18 Å². The molecule has 0 saturated carbocycles. The van der Waals surface area contributed by atoms with Crippen molar-refractivity contribution in [3.05, 3.63) is 23.4 Å². The van der Waals surface area contributed by atoms with Crippen LogP contribution < -0.4 is 0 Å². The lowest BCUT2D eigenvalue weighted by atomic mass is 10.4. The Labute approximate surface area is 56.2 Å². The molecule has 10 heavy (non-hydrogen) atoms. The molecule has 0 saturated heterocycles. The van der Waals surface area contributed by atoms with E-state index in [1.165, 1.54) is 0 Å². The van der Waals surface area contributed by atoms with E-state index in [0.717, 1.165) is 11.0 Å².